The number of rotatable bonds is 6. The summed E-state index contributed by atoms with van der Waals surface area (Å²) in [5, 5.41) is 7.27. The Morgan fingerprint density at radius 2 is 2.18 bits per heavy atom. The summed E-state index contributed by atoms with van der Waals surface area (Å²) >= 11 is 3.43. The molecule has 0 saturated carbocycles. The van der Waals surface area contributed by atoms with Crippen LogP contribution >= 0.6 is 15.9 Å². The van der Waals surface area contributed by atoms with Crippen LogP contribution in [0.3, 0.4) is 0 Å². The minimum Gasteiger partial charge on any atom is -0.347 e. The molecule has 1 atom stereocenters. The van der Waals surface area contributed by atoms with Crippen LogP contribution in [0.1, 0.15) is 30.8 Å². The molecule has 1 aromatic heterocycles. The second-order valence-electron chi connectivity index (χ2n) is 5.66. The quantitative estimate of drug-likeness (QED) is 0.827. The van der Waals surface area contributed by atoms with E-state index in [1.807, 2.05) is 24.3 Å². The Morgan fingerprint density at radius 3 is 2.82 bits per heavy atom. The van der Waals surface area contributed by atoms with Crippen molar-refractivity contribution in [1.82, 2.24) is 15.1 Å². The maximum absolute atomic E-state index is 12.3. The fraction of sp³-hybridized carbons (Fsp3) is 0.375. The normalized spacial score (nSPS) is 12.4. The number of carbonyl (C=O) groups is 1. The zero-order valence-corrected chi connectivity index (χ0v) is 14.4. The molecular formula is C16H21BrN4O. The van der Waals surface area contributed by atoms with Gasteiger partial charge in [-0.1, -0.05) is 35.8 Å². The van der Waals surface area contributed by atoms with E-state index < -0.39 is 0 Å². The van der Waals surface area contributed by atoms with Gasteiger partial charge in [-0.15, -0.1) is 0 Å². The Balaban J connectivity index is 2.09. The van der Waals surface area contributed by atoms with E-state index >= 15 is 0 Å². The van der Waals surface area contributed by atoms with E-state index in [2.05, 4.69) is 40.2 Å². The highest BCUT2D eigenvalue weighted by Crippen LogP contribution is 2.15. The van der Waals surface area contributed by atoms with Crippen molar-refractivity contribution < 1.29 is 4.79 Å². The van der Waals surface area contributed by atoms with Gasteiger partial charge in [-0.05, 0) is 36.6 Å². The van der Waals surface area contributed by atoms with E-state index in [-0.39, 0.29) is 11.9 Å². The van der Waals surface area contributed by atoms with E-state index in [0.717, 1.165) is 16.6 Å². The molecule has 0 bridgehead atoms. The highest BCUT2D eigenvalue weighted by atomic mass is 79.9. The van der Waals surface area contributed by atoms with E-state index in [1.165, 1.54) is 0 Å². The van der Waals surface area contributed by atoms with E-state index in [4.69, 9.17) is 5.73 Å². The molecule has 0 aliphatic heterocycles. The summed E-state index contributed by atoms with van der Waals surface area (Å²) in [6, 6.07) is 9.42. The monoisotopic (exact) mass is 364 g/mol. The summed E-state index contributed by atoms with van der Waals surface area (Å²) in [7, 11) is 0. The molecule has 0 radical (unpaired) electrons. The van der Waals surface area contributed by atoms with Gasteiger partial charge in [-0.3, -0.25) is 4.79 Å². The average molecular weight is 365 g/mol. The number of nitrogens with two attached hydrogens (primary N) is 1. The maximum Gasteiger partial charge on any atom is 0.272 e. The third kappa shape index (κ3) is 4.42. The molecule has 3 N–H and O–H groups in total. The van der Waals surface area contributed by atoms with Crippen LogP contribution in [0.15, 0.2) is 41.0 Å². The van der Waals surface area contributed by atoms with Gasteiger partial charge in [0.05, 0.1) is 5.69 Å². The van der Waals surface area contributed by atoms with Crippen molar-refractivity contribution in [3.63, 3.8) is 0 Å². The number of halogens is 1. The molecule has 1 aromatic carbocycles. The zero-order chi connectivity index (χ0) is 16.1. The van der Waals surface area contributed by atoms with Gasteiger partial charge in [0.2, 0.25) is 0 Å². The molecule has 1 unspecified atom stereocenters. The van der Waals surface area contributed by atoms with Gasteiger partial charge < -0.3 is 11.1 Å². The van der Waals surface area contributed by atoms with Crippen molar-refractivity contribution in [2.45, 2.75) is 26.3 Å². The predicted molar refractivity (Wildman–Crippen MR) is 91.0 cm³/mol. The van der Waals surface area contributed by atoms with Gasteiger partial charge in [-0.2, -0.15) is 5.10 Å². The third-order valence-electron chi connectivity index (χ3n) is 3.27. The number of carbonyl (C=O) groups excluding carboxylic acids is 1. The van der Waals surface area contributed by atoms with Gasteiger partial charge in [0.25, 0.3) is 5.91 Å². The highest BCUT2D eigenvalue weighted by molar-refractivity contribution is 9.10. The molecule has 0 fully saturated rings. The molecule has 1 heterocycles. The molecule has 1 amide bonds. The molecule has 2 aromatic rings. The lowest BCUT2D eigenvalue weighted by molar-refractivity contribution is 0.0928. The lowest BCUT2D eigenvalue weighted by atomic mass is 10.0. The lowest BCUT2D eigenvalue weighted by Crippen LogP contribution is -2.41. The summed E-state index contributed by atoms with van der Waals surface area (Å²) in [6.07, 6.45) is 2.63. The maximum atomic E-state index is 12.3. The number of benzene rings is 1. The third-order valence-corrected chi connectivity index (χ3v) is 3.76. The minimum absolute atomic E-state index is 0.0245. The molecule has 22 heavy (non-hydrogen) atoms. The summed E-state index contributed by atoms with van der Waals surface area (Å²) in [6.45, 7) is 4.64. The van der Waals surface area contributed by atoms with Crippen molar-refractivity contribution in [1.29, 1.82) is 0 Å². The molecule has 0 aliphatic carbocycles. The zero-order valence-electron chi connectivity index (χ0n) is 12.8. The standard InChI is InChI=1S/C16H21BrN4O/c1-11(2)8-13(10-18)19-16(22)15-6-7-21(20-15)14-5-3-4-12(17)9-14/h3-7,9,11,13H,8,10,18H2,1-2H3,(H,19,22). The number of nitrogens with zero attached hydrogens (tertiary/aromatic N) is 2. The van der Waals surface area contributed by atoms with Crippen LogP contribution in [0, 0.1) is 5.92 Å². The second kappa shape index (κ2) is 7.56. The molecular weight excluding hydrogens is 344 g/mol. The summed E-state index contributed by atoms with van der Waals surface area (Å²) in [5.74, 6) is 0.290. The number of hydrogen-bond donors (Lipinski definition) is 2. The Hall–Kier alpha value is -1.66. The smallest absolute Gasteiger partial charge is 0.272 e. The Kier molecular flexibility index (Phi) is 5.74. The first kappa shape index (κ1) is 16.7. The average Bonchev–Trinajstić information content (AvgIpc) is 2.96. The van der Waals surface area contributed by atoms with Gasteiger partial charge in [0.1, 0.15) is 0 Å². The summed E-state index contributed by atoms with van der Waals surface area (Å²) in [5.41, 5.74) is 7.00. The van der Waals surface area contributed by atoms with Crippen molar-refractivity contribution in [3.05, 3.63) is 46.7 Å². The van der Waals surface area contributed by atoms with Crippen LogP contribution in [0.25, 0.3) is 5.69 Å². The summed E-state index contributed by atoms with van der Waals surface area (Å²) in [4.78, 5) is 12.3. The Bertz CT molecular complexity index is 639. The number of aromatic nitrogens is 2. The lowest BCUT2D eigenvalue weighted by Gasteiger charge is -2.18. The van der Waals surface area contributed by atoms with Crippen molar-refractivity contribution in [2.75, 3.05) is 6.54 Å². The number of hydrogen-bond acceptors (Lipinski definition) is 3. The highest BCUT2D eigenvalue weighted by Gasteiger charge is 2.16. The fourth-order valence-corrected chi connectivity index (χ4v) is 2.64. The van der Waals surface area contributed by atoms with Crippen molar-refractivity contribution >= 4 is 21.8 Å². The Morgan fingerprint density at radius 1 is 1.41 bits per heavy atom. The van der Waals surface area contributed by atoms with Crippen molar-refractivity contribution in [2.24, 2.45) is 11.7 Å². The second-order valence-corrected chi connectivity index (χ2v) is 6.58. The molecule has 6 heteroatoms. The van der Waals surface area contributed by atoms with Crippen molar-refractivity contribution in [3.8, 4) is 5.69 Å². The minimum atomic E-state index is -0.190. The molecule has 0 saturated heterocycles. The fourth-order valence-electron chi connectivity index (χ4n) is 2.25. The topological polar surface area (TPSA) is 72.9 Å². The van der Waals surface area contributed by atoms with E-state index in [0.29, 0.717) is 18.2 Å². The molecule has 0 aliphatic rings. The number of amides is 1. The molecule has 0 spiro atoms. The van der Waals surface area contributed by atoms with E-state index in [9.17, 15) is 4.79 Å². The first-order chi connectivity index (χ1) is 10.5. The van der Waals surface area contributed by atoms with E-state index in [1.54, 1.807) is 16.9 Å². The SMILES string of the molecule is CC(C)CC(CN)NC(=O)c1ccn(-c2cccc(Br)c2)n1. The van der Waals surface area contributed by atoms with Crippen LogP contribution in [0.4, 0.5) is 0 Å². The molecule has 5 nitrogen and oxygen atoms in total. The van der Waals surface area contributed by atoms with Crippen LogP contribution in [-0.2, 0) is 0 Å². The van der Waals surface area contributed by atoms with Crippen LogP contribution < -0.4 is 11.1 Å². The Labute approximate surface area is 139 Å². The summed E-state index contributed by atoms with van der Waals surface area (Å²) < 4.78 is 2.64. The first-order valence-corrected chi connectivity index (χ1v) is 8.11. The van der Waals surface area contributed by atoms with Gasteiger partial charge in [-0.25, -0.2) is 4.68 Å². The number of nitrogens with one attached hydrogen (secondary N) is 1. The largest absolute Gasteiger partial charge is 0.347 e. The molecule has 2 rings (SSSR count). The first-order valence-electron chi connectivity index (χ1n) is 7.32. The predicted octanol–water partition coefficient (Wildman–Crippen LogP) is 2.74. The van der Waals surface area contributed by atoms with Crippen LogP contribution in [-0.4, -0.2) is 28.3 Å². The van der Waals surface area contributed by atoms with Crippen LogP contribution in [0.5, 0.6) is 0 Å². The van der Waals surface area contributed by atoms with Gasteiger partial charge in [0, 0.05) is 23.3 Å². The van der Waals surface area contributed by atoms with Crippen LogP contribution in [0.2, 0.25) is 0 Å². The van der Waals surface area contributed by atoms with Gasteiger partial charge in [0.15, 0.2) is 5.69 Å². The van der Waals surface area contributed by atoms with Gasteiger partial charge >= 0.3 is 0 Å². The molecule has 118 valence electrons.